The predicted octanol–water partition coefficient (Wildman–Crippen LogP) is 5.28. The molecule has 0 saturated carbocycles. The van der Waals surface area contributed by atoms with Gasteiger partial charge < -0.3 is 9.80 Å². The number of hydrogen-bond donors (Lipinski definition) is 0. The Balaban J connectivity index is 1.77. The summed E-state index contributed by atoms with van der Waals surface area (Å²) in [6.45, 7) is 24.9. The minimum absolute atomic E-state index is 0.436. The molecule has 0 bridgehead atoms. The van der Waals surface area contributed by atoms with Crippen LogP contribution in [0.25, 0.3) is 0 Å². The average molecular weight is 337 g/mol. The van der Waals surface area contributed by atoms with Gasteiger partial charge in [-0.15, -0.1) is 0 Å². The lowest BCUT2D eigenvalue weighted by molar-refractivity contribution is 0.0139. The Kier molecular flexibility index (Phi) is 6.46. The van der Waals surface area contributed by atoms with Crippen molar-refractivity contribution in [1.29, 1.82) is 0 Å². The van der Waals surface area contributed by atoms with Gasteiger partial charge in [0.25, 0.3) is 0 Å². The molecule has 0 amide bonds. The third-order valence-electron chi connectivity index (χ3n) is 7.98. The Labute approximate surface area is 152 Å². The molecule has 2 fully saturated rings. The zero-order chi connectivity index (χ0) is 18.0. The average Bonchev–Trinajstić information content (AvgIpc) is 2.53. The second-order valence-electron chi connectivity index (χ2n) is 10.6. The topological polar surface area (TPSA) is 6.48 Å². The molecule has 2 rings (SSSR count). The van der Waals surface area contributed by atoms with Crippen LogP contribution in [0.15, 0.2) is 0 Å². The second-order valence-corrected chi connectivity index (χ2v) is 10.6. The molecule has 2 aliphatic heterocycles. The first-order valence-corrected chi connectivity index (χ1v) is 10.5. The summed E-state index contributed by atoms with van der Waals surface area (Å²) in [6, 6.07) is 0. The summed E-state index contributed by atoms with van der Waals surface area (Å²) in [4.78, 5) is 5.36. The van der Waals surface area contributed by atoms with Crippen LogP contribution in [-0.4, -0.2) is 49.1 Å². The highest BCUT2D eigenvalue weighted by Gasteiger charge is 2.40. The van der Waals surface area contributed by atoms with Crippen molar-refractivity contribution >= 4 is 0 Å². The second kappa shape index (κ2) is 7.66. The van der Waals surface area contributed by atoms with E-state index in [9.17, 15) is 0 Å². The van der Waals surface area contributed by atoms with E-state index in [4.69, 9.17) is 0 Å². The highest BCUT2D eigenvalue weighted by molar-refractivity contribution is 4.92. The van der Waals surface area contributed by atoms with Crippen molar-refractivity contribution in [1.82, 2.24) is 9.80 Å². The van der Waals surface area contributed by atoms with Gasteiger partial charge in [0.1, 0.15) is 0 Å². The fourth-order valence-corrected chi connectivity index (χ4v) is 4.70. The highest BCUT2D eigenvalue weighted by atomic mass is 15.1. The molecule has 0 spiro atoms. The Morgan fingerprint density at radius 1 is 0.875 bits per heavy atom. The van der Waals surface area contributed by atoms with Gasteiger partial charge in [-0.25, -0.2) is 0 Å². The van der Waals surface area contributed by atoms with Crippen molar-refractivity contribution in [3.8, 4) is 0 Å². The maximum Gasteiger partial charge on any atom is -0.00133 e. The van der Waals surface area contributed by atoms with Crippen LogP contribution >= 0.6 is 0 Å². The summed E-state index contributed by atoms with van der Waals surface area (Å²) in [5.41, 5.74) is 1.46. The Hall–Kier alpha value is -0.0800. The normalized spacial score (nSPS) is 25.1. The van der Waals surface area contributed by atoms with Gasteiger partial charge in [-0.3, -0.25) is 0 Å². The maximum atomic E-state index is 2.75. The summed E-state index contributed by atoms with van der Waals surface area (Å²) in [6.07, 6.45) is 6.92. The van der Waals surface area contributed by atoms with Gasteiger partial charge in [0.05, 0.1) is 0 Å². The molecule has 0 aromatic carbocycles. The molecule has 0 atom stereocenters. The number of rotatable bonds is 5. The first-order chi connectivity index (χ1) is 11.1. The van der Waals surface area contributed by atoms with E-state index in [1.54, 1.807) is 0 Å². The Morgan fingerprint density at radius 3 is 1.88 bits per heavy atom. The highest BCUT2D eigenvalue weighted by Crippen LogP contribution is 2.46. The largest absolute Gasteiger partial charge is 0.304 e. The van der Waals surface area contributed by atoms with Crippen LogP contribution in [0.4, 0.5) is 0 Å². The maximum absolute atomic E-state index is 2.75. The molecule has 2 heteroatoms. The minimum Gasteiger partial charge on any atom is -0.304 e. The zero-order valence-electron chi connectivity index (χ0n) is 17.7. The standard InChI is InChI=1S/C22H44N2/c1-8-23-14-9-19(10-15-23)21(5,6)11-16-24-17-12-22(7,13-18-24)20(2,3)4/h19H,8-18H2,1-7H3. The monoisotopic (exact) mass is 336 g/mol. The van der Waals surface area contributed by atoms with Gasteiger partial charge in [0, 0.05) is 0 Å². The van der Waals surface area contributed by atoms with Gasteiger partial charge >= 0.3 is 0 Å². The van der Waals surface area contributed by atoms with Crippen molar-refractivity contribution in [2.24, 2.45) is 22.2 Å². The predicted molar refractivity (Wildman–Crippen MR) is 106 cm³/mol. The summed E-state index contributed by atoms with van der Waals surface area (Å²) in [5, 5.41) is 0. The van der Waals surface area contributed by atoms with Gasteiger partial charge in [0.2, 0.25) is 0 Å². The summed E-state index contributed by atoms with van der Waals surface area (Å²) in [5.74, 6) is 0.921. The molecule has 0 aromatic rings. The molecule has 0 N–H and O–H groups in total. The molecular formula is C22H44N2. The lowest BCUT2D eigenvalue weighted by atomic mass is 9.63. The molecule has 2 nitrogen and oxygen atoms in total. The van der Waals surface area contributed by atoms with Crippen molar-refractivity contribution in [3.63, 3.8) is 0 Å². The molecule has 0 unspecified atom stereocenters. The Morgan fingerprint density at radius 2 is 1.42 bits per heavy atom. The molecule has 24 heavy (non-hydrogen) atoms. The first-order valence-electron chi connectivity index (χ1n) is 10.5. The fourth-order valence-electron chi connectivity index (χ4n) is 4.70. The molecule has 0 aliphatic carbocycles. The van der Waals surface area contributed by atoms with Crippen molar-refractivity contribution in [3.05, 3.63) is 0 Å². The van der Waals surface area contributed by atoms with E-state index in [1.807, 2.05) is 0 Å². The Bertz CT molecular complexity index is 377. The van der Waals surface area contributed by atoms with Crippen LogP contribution in [0.2, 0.25) is 0 Å². The van der Waals surface area contributed by atoms with E-state index in [2.05, 4.69) is 58.3 Å². The van der Waals surface area contributed by atoms with Crippen molar-refractivity contribution < 1.29 is 0 Å². The van der Waals surface area contributed by atoms with Crippen LogP contribution in [-0.2, 0) is 0 Å². The molecule has 2 saturated heterocycles. The number of likely N-dealkylation sites (tertiary alicyclic amines) is 2. The van der Waals surface area contributed by atoms with Crippen molar-refractivity contribution in [2.75, 3.05) is 39.3 Å². The molecule has 0 radical (unpaired) electrons. The smallest absolute Gasteiger partial charge is 0.00133 e. The fraction of sp³-hybridized carbons (Fsp3) is 1.00. The third kappa shape index (κ3) is 4.75. The molecule has 2 heterocycles. The van der Waals surface area contributed by atoms with Gasteiger partial charge in [-0.05, 0) is 93.5 Å². The van der Waals surface area contributed by atoms with Gasteiger partial charge in [-0.1, -0.05) is 48.5 Å². The van der Waals surface area contributed by atoms with E-state index >= 15 is 0 Å². The van der Waals surface area contributed by atoms with E-state index < -0.39 is 0 Å². The van der Waals surface area contributed by atoms with E-state index in [0.29, 0.717) is 16.2 Å². The van der Waals surface area contributed by atoms with Gasteiger partial charge in [0.15, 0.2) is 0 Å². The van der Waals surface area contributed by atoms with Crippen LogP contribution in [0.5, 0.6) is 0 Å². The van der Waals surface area contributed by atoms with Crippen LogP contribution in [0, 0.1) is 22.2 Å². The third-order valence-corrected chi connectivity index (χ3v) is 7.98. The summed E-state index contributed by atoms with van der Waals surface area (Å²) < 4.78 is 0. The van der Waals surface area contributed by atoms with Crippen molar-refractivity contribution in [2.45, 2.75) is 80.6 Å². The molecule has 142 valence electrons. The van der Waals surface area contributed by atoms with E-state index in [0.717, 1.165) is 5.92 Å². The summed E-state index contributed by atoms with van der Waals surface area (Å²) >= 11 is 0. The number of hydrogen-bond acceptors (Lipinski definition) is 2. The zero-order valence-corrected chi connectivity index (χ0v) is 17.7. The first kappa shape index (κ1) is 20.2. The number of piperidine rings is 2. The molecule has 0 aromatic heterocycles. The molecular weight excluding hydrogens is 292 g/mol. The van der Waals surface area contributed by atoms with Crippen LogP contribution < -0.4 is 0 Å². The van der Waals surface area contributed by atoms with Crippen LogP contribution in [0.3, 0.4) is 0 Å². The quantitative estimate of drug-likeness (QED) is 0.673. The van der Waals surface area contributed by atoms with E-state index in [1.165, 1.54) is 71.4 Å². The lowest BCUT2D eigenvalue weighted by Gasteiger charge is -2.48. The van der Waals surface area contributed by atoms with Gasteiger partial charge in [-0.2, -0.15) is 0 Å². The van der Waals surface area contributed by atoms with Crippen LogP contribution in [0.1, 0.15) is 80.6 Å². The number of nitrogens with zero attached hydrogens (tertiary/aromatic N) is 2. The minimum atomic E-state index is 0.436. The van der Waals surface area contributed by atoms with E-state index in [-0.39, 0.29) is 0 Å². The molecule has 2 aliphatic rings. The SMILES string of the molecule is CCN1CCC(C(C)(C)CCN2CCC(C)(C(C)(C)C)CC2)CC1. The summed E-state index contributed by atoms with van der Waals surface area (Å²) in [7, 11) is 0. The lowest BCUT2D eigenvalue weighted by Crippen LogP contribution is -2.46.